The molecule has 3 aromatic carbocycles. The predicted molar refractivity (Wildman–Crippen MR) is 130 cm³/mol. The van der Waals surface area contributed by atoms with Gasteiger partial charge in [0.05, 0.1) is 22.1 Å². The minimum absolute atomic E-state index is 0.0735. The van der Waals surface area contributed by atoms with Gasteiger partial charge in [-0.25, -0.2) is 0 Å². The summed E-state index contributed by atoms with van der Waals surface area (Å²) < 4.78 is 0. The zero-order valence-electron chi connectivity index (χ0n) is 17.9. The summed E-state index contributed by atoms with van der Waals surface area (Å²) in [5.74, 6) is -0.0735. The predicted octanol–water partition coefficient (Wildman–Crippen LogP) is 6.36. The molecule has 0 spiro atoms. The molecule has 32 heavy (non-hydrogen) atoms. The van der Waals surface area contributed by atoms with Crippen molar-refractivity contribution in [3.05, 3.63) is 108 Å². The van der Waals surface area contributed by atoms with Gasteiger partial charge in [-0.3, -0.25) is 19.7 Å². The average molecular weight is 415 g/mol. The fraction of sp³-hybridized carbons (Fsp3) is 0.0714. The molecule has 5 aromatic rings. The Balaban J connectivity index is 1.63. The number of aryl methyl sites for hydroxylation is 2. The first-order chi connectivity index (χ1) is 15.6. The number of para-hydroxylation sites is 1. The van der Waals surface area contributed by atoms with Crippen LogP contribution in [0, 0.1) is 13.8 Å². The number of carbonyl (C=O) groups excluding carboxylic acids is 1. The minimum atomic E-state index is -0.0735. The molecule has 0 aliphatic heterocycles. The molecule has 5 rings (SSSR count). The molecule has 4 heteroatoms. The fourth-order valence-corrected chi connectivity index (χ4v) is 4.00. The molecule has 0 saturated heterocycles. The third-order valence-electron chi connectivity index (χ3n) is 5.58. The Labute approximate surface area is 186 Å². The van der Waals surface area contributed by atoms with Crippen molar-refractivity contribution in [2.75, 3.05) is 0 Å². The quantitative estimate of drug-likeness (QED) is 0.253. The van der Waals surface area contributed by atoms with Crippen LogP contribution in [0.25, 0.3) is 39.1 Å². The van der Waals surface area contributed by atoms with Crippen molar-refractivity contribution in [1.82, 2.24) is 15.0 Å². The molecule has 154 valence electrons. The SMILES string of the molecule is Cc1ccc(-c2c(C(=O)/C=C/c3ccc4nccnc4c3)c(C)nc3ccccc23)cc1. The number of carbonyl (C=O) groups is 1. The van der Waals surface area contributed by atoms with E-state index in [1.165, 1.54) is 5.56 Å². The van der Waals surface area contributed by atoms with Gasteiger partial charge >= 0.3 is 0 Å². The van der Waals surface area contributed by atoms with Gasteiger partial charge in [-0.1, -0.05) is 60.2 Å². The lowest BCUT2D eigenvalue weighted by Gasteiger charge is -2.14. The molecule has 0 N–H and O–H groups in total. The second kappa shape index (κ2) is 8.16. The molecule has 0 amide bonds. The van der Waals surface area contributed by atoms with E-state index in [-0.39, 0.29) is 5.78 Å². The number of allylic oxidation sites excluding steroid dienone is 1. The lowest BCUT2D eigenvalue weighted by molar-refractivity contribution is 0.104. The van der Waals surface area contributed by atoms with Crippen LogP contribution >= 0.6 is 0 Å². The summed E-state index contributed by atoms with van der Waals surface area (Å²) in [5, 5.41) is 0.972. The first-order valence-corrected chi connectivity index (χ1v) is 10.5. The maximum Gasteiger partial charge on any atom is 0.188 e. The van der Waals surface area contributed by atoms with Crippen molar-refractivity contribution < 1.29 is 4.79 Å². The molecule has 0 bridgehead atoms. The number of fused-ring (bicyclic) bond motifs is 2. The number of benzene rings is 3. The second-order valence-electron chi connectivity index (χ2n) is 7.83. The lowest BCUT2D eigenvalue weighted by Crippen LogP contribution is -2.05. The minimum Gasteiger partial charge on any atom is -0.289 e. The molecule has 0 radical (unpaired) electrons. The highest BCUT2D eigenvalue weighted by Crippen LogP contribution is 2.33. The van der Waals surface area contributed by atoms with Gasteiger partial charge in [0, 0.05) is 29.0 Å². The largest absolute Gasteiger partial charge is 0.289 e. The summed E-state index contributed by atoms with van der Waals surface area (Å²) in [7, 11) is 0. The molecule has 4 nitrogen and oxygen atoms in total. The van der Waals surface area contributed by atoms with Crippen molar-refractivity contribution in [2.45, 2.75) is 13.8 Å². The highest BCUT2D eigenvalue weighted by molar-refractivity contribution is 6.16. The summed E-state index contributed by atoms with van der Waals surface area (Å²) >= 11 is 0. The molecular weight excluding hydrogens is 394 g/mol. The third kappa shape index (κ3) is 3.67. The van der Waals surface area contributed by atoms with E-state index < -0.39 is 0 Å². The van der Waals surface area contributed by atoms with Gasteiger partial charge in [0.1, 0.15) is 0 Å². The first kappa shape index (κ1) is 19.8. The van der Waals surface area contributed by atoms with Crippen LogP contribution in [0.1, 0.15) is 27.2 Å². The number of hydrogen-bond donors (Lipinski definition) is 0. The Kier molecular flexibility index (Phi) is 5.04. The second-order valence-corrected chi connectivity index (χ2v) is 7.83. The van der Waals surface area contributed by atoms with E-state index in [0.29, 0.717) is 5.56 Å². The highest BCUT2D eigenvalue weighted by Gasteiger charge is 2.18. The van der Waals surface area contributed by atoms with Crippen molar-refractivity contribution >= 4 is 33.8 Å². The van der Waals surface area contributed by atoms with E-state index in [9.17, 15) is 4.79 Å². The summed E-state index contributed by atoms with van der Waals surface area (Å²) in [6.07, 6.45) is 6.78. The maximum absolute atomic E-state index is 13.5. The monoisotopic (exact) mass is 415 g/mol. The summed E-state index contributed by atoms with van der Waals surface area (Å²) in [4.78, 5) is 26.8. The normalized spacial score (nSPS) is 11.4. The van der Waals surface area contributed by atoms with Gasteiger partial charge in [0.15, 0.2) is 5.78 Å². The molecule has 0 aliphatic carbocycles. The van der Waals surface area contributed by atoms with Gasteiger partial charge < -0.3 is 0 Å². The number of hydrogen-bond acceptors (Lipinski definition) is 4. The van der Waals surface area contributed by atoms with Crippen LogP contribution in [0.15, 0.2) is 85.2 Å². The van der Waals surface area contributed by atoms with Crippen LogP contribution in [0.4, 0.5) is 0 Å². The lowest BCUT2D eigenvalue weighted by atomic mass is 9.91. The van der Waals surface area contributed by atoms with Crippen molar-refractivity contribution in [3.63, 3.8) is 0 Å². The van der Waals surface area contributed by atoms with E-state index >= 15 is 0 Å². The van der Waals surface area contributed by atoms with E-state index in [4.69, 9.17) is 4.98 Å². The number of rotatable bonds is 4. The van der Waals surface area contributed by atoms with Crippen LogP contribution in [-0.4, -0.2) is 20.7 Å². The Bertz CT molecular complexity index is 1500. The standard InChI is InChI=1S/C28H21N3O/c1-18-7-11-21(12-8-18)28-22-5-3-4-6-23(22)31-19(2)27(28)26(32)14-10-20-9-13-24-25(17-20)30-16-15-29-24/h3-17H,1-2H3/b14-10+. The Morgan fingerprint density at radius 2 is 1.56 bits per heavy atom. The smallest absolute Gasteiger partial charge is 0.188 e. The van der Waals surface area contributed by atoms with Crippen molar-refractivity contribution in [2.24, 2.45) is 0 Å². The molecule has 0 unspecified atom stereocenters. The number of nitrogens with zero attached hydrogens (tertiary/aromatic N) is 3. The van der Waals surface area contributed by atoms with Gasteiger partial charge in [-0.15, -0.1) is 0 Å². The number of ketones is 1. The van der Waals surface area contributed by atoms with Crippen LogP contribution in [-0.2, 0) is 0 Å². The Hall–Kier alpha value is -4.18. The number of aromatic nitrogens is 3. The molecule has 0 aliphatic rings. The Morgan fingerprint density at radius 1 is 0.812 bits per heavy atom. The van der Waals surface area contributed by atoms with Crippen LogP contribution in [0.3, 0.4) is 0 Å². The third-order valence-corrected chi connectivity index (χ3v) is 5.58. The zero-order valence-corrected chi connectivity index (χ0v) is 17.9. The van der Waals surface area contributed by atoms with Gasteiger partial charge in [-0.05, 0) is 49.2 Å². The van der Waals surface area contributed by atoms with Crippen molar-refractivity contribution in [3.8, 4) is 11.1 Å². The van der Waals surface area contributed by atoms with E-state index in [0.717, 1.165) is 44.3 Å². The molecule has 2 aromatic heterocycles. The topological polar surface area (TPSA) is 55.7 Å². The molecule has 0 fully saturated rings. The maximum atomic E-state index is 13.5. The van der Waals surface area contributed by atoms with E-state index in [1.54, 1.807) is 18.5 Å². The van der Waals surface area contributed by atoms with E-state index in [1.807, 2.05) is 55.5 Å². The highest BCUT2D eigenvalue weighted by atomic mass is 16.1. The van der Waals surface area contributed by atoms with Gasteiger partial charge in [0.25, 0.3) is 0 Å². The van der Waals surface area contributed by atoms with Crippen LogP contribution in [0.5, 0.6) is 0 Å². The van der Waals surface area contributed by atoms with Crippen LogP contribution < -0.4 is 0 Å². The molecule has 2 heterocycles. The first-order valence-electron chi connectivity index (χ1n) is 10.5. The summed E-state index contributed by atoms with van der Waals surface area (Å²) in [5.41, 5.74) is 7.86. The van der Waals surface area contributed by atoms with Crippen LogP contribution in [0.2, 0.25) is 0 Å². The molecule has 0 saturated carbocycles. The number of pyridine rings is 1. The van der Waals surface area contributed by atoms with E-state index in [2.05, 4.69) is 41.2 Å². The molecule has 0 atom stereocenters. The zero-order chi connectivity index (χ0) is 22.1. The summed E-state index contributed by atoms with van der Waals surface area (Å²) in [6.45, 7) is 3.96. The summed E-state index contributed by atoms with van der Waals surface area (Å²) in [6, 6.07) is 22.0. The Morgan fingerprint density at radius 3 is 2.38 bits per heavy atom. The average Bonchev–Trinajstić information content (AvgIpc) is 2.82. The fourth-order valence-electron chi connectivity index (χ4n) is 4.00. The molecular formula is C28H21N3O. The van der Waals surface area contributed by atoms with Gasteiger partial charge in [-0.2, -0.15) is 0 Å². The van der Waals surface area contributed by atoms with Crippen molar-refractivity contribution in [1.29, 1.82) is 0 Å². The van der Waals surface area contributed by atoms with Gasteiger partial charge in [0.2, 0.25) is 0 Å².